The van der Waals surface area contributed by atoms with Crippen molar-refractivity contribution in [2.75, 3.05) is 0 Å². The third kappa shape index (κ3) is 2.60. The third-order valence-electron chi connectivity index (χ3n) is 2.19. The monoisotopic (exact) mass is 211 g/mol. The standard InChI is InChI=1S/C10H13NO4/c1-5-2-8(12)9(13)4-6(5)3-7(11)10(14)15/h2,4,7,12-13H,3,11H2,1H3,(H,14,15)/t7-/m1/s1. The lowest BCUT2D eigenvalue weighted by atomic mass is 10.0. The maximum Gasteiger partial charge on any atom is 0.320 e. The number of carboxylic acid groups (broad SMARTS) is 1. The molecule has 0 heterocycles. The van der Waals surface area contributed by atoms with Crippen LogP contribution >= 0.6 is 0 Å². The smallest absolute Gasteiger partial charge is 0.320 e. The van der Waals surface area contributed by atoms with E-state index in [2.05, 4.69) is 0 Å². The van der Waals surface area contributed by atoms with Crippen LogP contribution in [0, 0.1) is 6.92 Å². The zero-order valence-corrected chi connectivity index (χ0v) is 8.27. The van der Waals surface area contributed by atoms with Crippen LogP contribution in [0.5, 0.6) is 11.5 Å². The first-order valence-electron chi connectivity index (χ1n) is 4.41. The van der Waals surface area contributed by atoms with Crippen molar-refractivity contribution in [2.45, 2.75) is 19.4 Å². The molecule has 5 N–H and O–H groups in total. The Morgan fingerprint density at radius 1 is 1.40 bits per heavy atom. The molecule has 0 radical (unpaired) electrons. The summed E-state index contributed by atoms with van der Waals surface area (Å²) >= 11 is 0. The van der Waals surface area contributed by atoms with Crippen LogP contribution in [-0.2, 0) is 11.2 Å². The van der Waals surface area contributed by atoms with Gasteiger partial charge in [-0.15, -0.1) is 0 Å². The zero-order valence-electron chi connectivity index (χ0n) is 8.27. The number of aromatic hydroxyl groups is 2. The first kappa shape index (κ1) is 11.3. The Hall–Kier alpha value is -1.75. The summed E-state index contributed by atoms with van der Waals surface area (Å²) in [5.74, 6) is -1.59. The second-order valence-corrected chi connectivity index (χ2v) is 3.42. The quantitative estimate of drug-likeness (QED) is 0.540. The van der Waals surface area contributed by atoms with Crippen LogP contribution < -0.4 is 5.73 Å². The first-order valence-corrected chi connectivity index (χ1v) is 4.41. The first-order chi connectivity index (χ1) is 6.91. The number of nitrogens with two attached hydrogens (primary N) is 1. The molecule has 0 unspecified atom stereocenters. The van der Waals surface area contributed by atoms with Crippen molar-refractivity contribution in [3.05, 3.63) is 23.3 Å². The average molecular weight is 211 g/mol. The molecule has 5 heteroatoms. The Labute approximate surface area is 86.8 Å². The molecule has 0 saturated carbocycles. The second kappa shape index (κ2) is 4.18. The zero-order chi connectivity index (χ0) is 11.6. The Balaban J connectivity index is 2.95. The highest BCUT2D eigenvalue weighted by molar-refractivity contribution is 5.73. The Kier molecular flexibility index (Phi) is 3.16. The molecule has 0 aromatic heterocycles. The average Bonchev–Trinajstić information content (AvgIpc) is 2.13. The van der Waals surface area contributed by atoms with Crippen LogP contribution in [0.15, 0.2) is 12.1 Å². The number of phenols is 2. The predicted octanol–water partition coefficient (Wildman–Crippen LogP) is 0.361. The minimum atomic E-state index is -1.10. The van der Waals surface area contributed by atoms with Crippen LogP contribution in [0.25, 0.3) is 0 Å². The minimum Gasteiger partial charge on any atom is -0.504 e. The fraction of sp³-hybridized carbons (Fsp3) is 0.300. The van der Waals surface area contributed by atoms with Gasteiger partial charge >= 0.3 is 5.97 Å². The number of hydrogen-bond donors (Lipinski definition) is 4. The Morgan fingerprint density at radius 2 is 1.93 bits per heavy atom. The predicted molar refractivity (Wildman–Crippen MR) is 53.8 cm³/mol. The Bertz CT molecular complexity index is 389. The number of carboxylic acids is 1. The molecule has 82 valence electrons. The third-order valence-corrected chi connectivity index (χ3v) is 2.19. The molecule has 0 aliphatic heterocycles. The van der Waals surface area contributed by atoms with Crippen molar-refractivity contribution < 1.29 is 20.1 Å². The molecular formula is C10H13NO4. The number of phenolic OH excluding ortho intramolecular Hbond substituents is 2. The molecule has 1 rings (SSSR count). The molecule has 0 bridgehead atoms. The van der Waals surface area contributed by atoms with Gasteiger partial charge in [0, 0.05) is 0 Å². The molecule has 0 amide bonds. The van der Waals surface area contributed by atoms with Gasteiger partial charge in [-0.2, -0.15) is 0 Å². The SMILES string of the molecule is Cc1cc(O)c(O)cc1C[C@@H](N)C(=O)O. The summed E-state index contributed by atoms with van der Waals surface area (Å²) in [4.78, 5) is 10.5. The van der Waals surface area contributed by atoms with E-state index in [4.69, 9.17) is 10.8 Å². The fourth-order valence-corrected chi connectivity index (χ4v) is 1.27. The van der Waals surface area contributed by atoms with Crippen molar-refractivity contribution >= 4 is 5.97 Å². The number of carbonyl (C=O) groups is 1. The van der Waals surface area contributed by atoms with E-state index >= 15 is 0 Å². The molecule has 0 fully saturated rings. The number of aliphatic carboxylic acids is 1. The van der Waals surface area contributed by atoms with Gasteiger partial charge < -0.3 is 21.1 Å². The normalized spacial score (nSPS) is 12.4. The topological polar surface area (TPSA) is 104 Å². The van der Waals surface area contributed by atoms with Gasteiger partial charge in [-0.1, -0.05) is 0 Å². The molecule has 5 nitrogen and oxygen atoms in total. The molecule has 1 atom stereocenters. The largest absolute Gasteiger partial charge is 0.504 e. The molecule has 0 aliphatic carbocycles. The molecule has 15 heavy (non-hydrogen) atoms. The molecule has 0 saturated heterocycles. The maximum absolute atomic E-state index is 10.5. The van der Waals surface area contributed by atoms with Gasteiger partial charge in [0.1, 0.15) is 6.04 Å². The van der Waals surface area contributed by atoms with Gasteiger partial charge in [0.2, 0.25) is 0 Å². The van der Waals surface area contributed by atoms with Gasteiger partial charge in [0.25, 0.3) is 0 Å². The highest BCUT2D eigenvalue weighted by atomic mass is 16.4. The summed E-state index contributed by atoms with van der Waals surface area (Å²) in [5, 5.41) is 27.0. The highest BCUT2D eigenvalue weighted by Crippen LogP contribution is 2.28. The summed E-state index contributed by atoms with van der Waals surface area (Å²) in [6, 6.07) is 1.69. The van der Waals surface area contributed by atoms with E-state index in [-0.39, 0.29) is 17.9 Å². The molecule has 1 aromatic carbocycles. The van der Waals surface area contributed by atoms with Gasteiger partial charge in [-0.3, -0.25) is 4.79 Å². The van der Waals surface area contributed by atoms with E-state index in [9.17, 15) is 15.0 Å². The molecule has 1 aromatic rings. The second-order valence-electron chi connectivity index (χ2n) is 3.42. The minimum absolute atomic E-state index is 0.120. The van der Waals surface area contributed by atoms with E-state index in [1.165, 1.54) is 12.1 Å². The van der Waals surface area contributed by atoms with Crippen LogP contribution in [-0.4, -0.2) is 27.3 Å². The van der Waals surface area contributed by atoms with Crippen molar-refractivity contribution in [3.63, 3.8) is 0 Å². The summed E-state index contributed by atoms with van der Waals surface area (Å²) in [7, 11) is 0. The van der Waals surface area contributed by atoms with Gasteiger partial charge in [0.15, 0.2) is 11.5 Å². The molecule has 0 spiro atoms. The van der Waals surface area contributed by atoms with Crippen molar-refractivity contribution in [3.8, 4) is 11.5 Å². The van der Waals surface area contributed by atoms with Gasteiger partial charge in [-0.05, 0) is 36.6 Å². The summed E-state index contributed by atoms with van der Waals surface area (Å²) in [6.45, 7) is 1.71. The lowest BCUT2D eigenvalue weighted by molar-refractivity contribution is -0.138. The fourth-order valence-electron chi connectivity index (χ4n) is 1.27. The van der Waals surface area contributed by atoms with Crippen LogP contribution in [0.3, 0.4) is 0 Å². The summed E-state index contributed by atoms with van der Waals surface area (Å²) < 4.78 is 0. The van der Waals surface area contributed by atoms with Crippen molar-refractivity contribution in [1.82, 2.24) is 0 Å². The van der Waals surface area contributed by atoms with Crippen molar-refractivity contribution in [1.29, 1.82) is 0 Å². The van der Waals surface area contributed by atoms with E-state index in [0.717, 1.165) is 0 Å². The summed E-state index contributed by atoms with van der Waals surface area (Å²) in [6.07, 6.45) is 0.120. The Morgan fingerprint density at radius 3 is 2.47 bits per heavy atom. The maximum atomic E-state index is 10.5. The summed E-state index contributed by atoms with van der Waals surface area (Å²) in [5.41, 5.74) is 6.67. The van der Waals surface area contributed by atoms with Crippen LogP contribution in [0.2, 0.25) is 0 Å². The highest BCUT2D eigenvalue weighted by Gasteiger charge is 2.14. The van der Waals surface area contributed by atoms with Crippen molar-refractivity contribution in [2.24, 2.45) is 5.73 Å². The molecule has 0 aliphatic rings. The lowest BCUT2D eigenvalue weighted by Gasteiger charge is -2.10. The van der Waals surface area contributed by atoms with Gasteiger partial charge in [-0.25, -0.2) is 0 Å². The van der Waals surface area contributed by atoms with E-state index in [1.807, 2.05) is 0 Å². The lowest BCUT2D eigenvalue weighted by Crippen LogP contribution is -2.32. The number of benzene rings is 1. The van der Waals surface area contributed by atoms with Crippen LogP contribution in [0.4, 0.5) is 0 Å². The van der Waals surface area contributed by atoms with Gasteiger partial charge in [0.05, 0.1) is 0 Å². The number of aryl methyl sites for hydroxylation is 1. The number of hydrogen-bond acceptors (Lipinski definition) is 4. The van der Waals surface area contributed by atoms with E-state index in [0.29, 0.717) is 11.1 Å². The van der Waals surface area contributed by atoms with E-state index < -0.39 is 12.0 Å². The molecular weight excluding hydrogens is 198 g/mol. The number of rotatable bonds is 3. The van der Waals surface area contributed by atoms with Crippen LogP contribution in [0.1, 0.15) is 11.1 Å². The van der Waals surface area contributed by atoms with E-state index in [1.54, 1.807) is 6.92 Å².